The zero-order chi connectivity index (χ0) is 20.1. The molecule has 0 spiro atoms. The number of carbonyl (C=O) groups excluding carboxylic acids is 1. The van der Waals surface area contributed by atoms with Gasteiger partial charge in [-0.15, -0.1) is 0 Å². The van der Waals surface area contributed by atoms with Crippen LogP contribution in [0.2, 0.25) is 0 Å². The molecule has 3 rings (SSSR count). The van der Waals surface area contributed by atoms with Gasteiger partial charge in [-0.2, -0.15) is 0 Å². The van der Waals surface area contributed by atoms with Crippen LogP contribution in [0.4, 0.5) is 11.6 Å². The number of aromatic nitrogens is 2. The lowest BCUT2D eigenvalue weighted by Crippen LogP contribution is -2.23. The van der Waals surface area contributed by atoms with Crippen LogP contribution in [-0.4, -0.2) is 23.0 Å². The molecule has 0 fully saturated rings. The van der Waals surface area contributed by atoms with E-state index >= 15 is 0 Å². The summed E-state index contributed by atoms with van der Waals surface area (Å²) in [4.78, 5) is 20.9. The van der Waals surface area contributed by atoms with Crippen molar-refractivity contribution < 1.29 is 9.53 Å². The van der Waals surface area contributed by atoms with Crippen LogP contribution in [0.1, 0.15) is 32.6 Å². The first-order valence-electron chi connectivity index (χ1n) is 9.04. The third-order valence-corrected chi connectivity index (χ3v) is 4.44. The molecule has 2 aromatic carbocycles. The monoisotopic (exact) mass is 376 g/mol. The quantitative estimate of drug-likeness (QED) is 0.678. The van der Waals surface area contributed by atoms with Crippen LogP contribution in [0.25, 0.3) is 0 Å². The Bertz CT molecular complexity index is 944. The highest BCUT2D eigenvalue weighted by Gasteiger charge is 2.09. The van der Waals surface area contributed by atoms with Gasteiger partial charge < -0.3 is 15.4 Å². The lowest BCUT2D eigenvalue weighted by molar-refractivity contribution is 0.0950. The number of amides is 1. The summed E-state index contributed by atoms with van der Waals surface area (Å²) >= 11 is 0. The second kappa shape index (κ2) is 8.52. The molecule has 6 nitrogen and oxygen atoms in total. The summed E-state index contributed by atoms with van der Waals surface area (Å²) in [6, 6.07) is 11.8. The molecular weight excluding hydrogens is 352 g/mol. The molecule has 0 atom stereocenters. The lowest BCUT2D eigenvalue weighted by Gasteiger charge is -2.12. The van der Waals surface area contributed by atoms with Crippen LogP contribution in [0.15, 0.2) is 48.8 Å². The van der Waals surface area contributed by atoms with Crippen LogP contribution in [0.3, 0.4) is 0 Å². The molecule has 3 aromatic rings. The number of rotatable bonds is 6. The molecule has 144 valence electrons. The van der Waals surface area contributed by atoms with E-state index in [-0.39, 0.29) is 5.91 Å². The standard InChI is InChI=1S/C22H24N4O2/c1-14-9-15(2)20(16(3)10-14)26-22-24-12-18(13-25-22)21(27)23-11-17-5-7-19(28-4)8-6-17/h5-10,12-13H,11H2,1-4H3,(H,23,27)(H,24,25,26). The number of nitrogens with zero attached hydrogens (tertiary/aromatic N) is 2. The van der Waals surface area contributed by atoms with Crippen molar-refractivity contribution in [3.63, 3.8) is 0 Å². The molecule has 2 N–H and O–H groups in total. The molecule has 0 bridgehead atoms. The maximum Gasteiger partial charge on any atom is 0.254 e. The van der Waals surface area contributed by atoms with Crippen LogP contribution >= 0.6 is 0 Å². The van der Waals surface area contributed by atoms with E-state index in [0.717, 1.165) is 28.1 Å². The molecule has 1 heterocycles. The van der Waals surface area contributed by atoms with E-state index in [4.69, 9.17) is 4.74 Å². The molecule has 0 saturated carbocycles. The molecule has 0 radical (unpaired) electrons. The van der Waals surface area contributed by atoms with E-state index in [0.29, 0.717) is 18.1 Å². The smallest absolute Gasteiger partial charge is 0.254 e. The van der Waals surface area contributed by atoms with Gasteiger partial charge in [0.25, 0.3) is 5.91 Å². The number of ether oxygens (including phenoxy) is 1. The van der Waals surface area contributed by atoms with E-state index in [1.807, 2.05) is 38.1 Å². The second-order valence-corrected chi connectivity index (χ2v) is 6.72. The minimum atomic E-state index is -0.218. The van der Waals surface area contributed by atoms with E-state index in [9.17, 15) is 4.79 Å². The van der Waals surface area contributed by atoms with Gasteiger partial charge in [-0.05, 0) is 49.6 Å². The van der Waals surface area contributed by atoms with Crippen molar-refractivity contribution in [3.8, 4) is 5.75 Å². The fourth-order valence-corrected chi connectivity index (χ4v) is 3.03. The Morgan fingerprint density at radius 2 is 1.61 bits per heavy atom. The maximum absolute atomic E-state index is 12.3. The van der Waals surface area contributed by atoms with Crippen molar-refractivity contribution in [3.05, 3.63) is 76.6 Å². The number of nitrogens with one attached hydrogen (secondary N) is 2. The predicted octanol–water partition coefficient (Wildman–Crippen LogP) is 4.08. The van der Waals surface area contributed by atoms with Crippen molar-refractivity contribution in [2.24, 2.45) is 0 Å². The number of anilines is 2. The summed E-state index contributed by atoms with van der Waals surface area (Å²) < 4.78 is 5.13. The molecule has 0 unspecified atom stereocenters. The zero-order valence-electron chi connectivity index (χ0n) is 16.5. The van der Waals surface area contributed by atoms with Gasteiger partial charge in [0, 0.05) is 24.6 Å². The van der Waals surface area contributed by atoms with E-state index in [2.05, 4.69) is 39.7 Å². The number of hydrogen-bond acceptors (Lipinski definition) is 5. The minimum Gasteiger partial charge on any atom is -0.497 e. The van der Waals surface area contributed by atoms with Crippen LogP contribution in [0.5, 0.6) is 5.75 Å². The SMILES string of the molecule is COc1ccc(CNC(=O)c2cnc(Nc3c(C)cc(C)cc3C)nc2)cc1. The van der Waals surface area contributed by atoms with Gasteiger partial charge in [-0.1, -0.05) is 29.8 Å². The van der Waals surface area contributed by atoms with E-state index < -0.39 is 0 Å². The first kappa shape index (κ1) is 19.4. The van der Waals surface area contributed by atoms with Gasteiger partial charge in [0.1, 0.15) is 5.75 Å². The molecule has 28 heavy (non-hydrogen) atoms. The number of hydrogen-bond donors (Lipinski definition) is 2. The van der Waals surface area contributed by atoms with Crippen LogP contribution in [0, 0.1) is 20.8 Å². The Morgan fingerprint density at radius 1 is 1.00 bits per heavy atom. The number of aryl methyl sites for hydroxylation is 3. The maximum atomic E-state index is 12.3. The molecular formula is C22H24N4O2. The zero-order valence-corrected chi connectivity index (χ0v) is 16.5. The summed E-state index contributed by atoms with van der Waals surface area (Å²) in [5.74, 6) is 1.03. The van der Waals surface area contributed by atoms with Crippen molar-refractivity contribution in [2.45, 2.75) is 27.3 Å². The van der Waals surface area contributed by atoms with Crippen molar-refractivity contribution in [1.29, 1.82) is 0 Å². The number of benzene rings is 2. The normalized spacial score (nSPS) is 10.4. The molecule has 0 aliphatic heterocycles. The average Bonchev–Trinajstić information content (AvgIpc) is 2.69. The van der Waals surface area contributed by atoms with Gasteiger partial charge in [-0.3, -0.25) is 4.79 Å². The Hall–Kier alpha value is -3.41. The highest BCUT2D eigenvalue weighted by atomic mass is 16.5. The molecule has 6 heteroatoms. The molecule has 0 saturated heterocycles. The summed E-state index contributed by atoms with van der Waals surface area (Å²) in [5, 5.41) is 6.10. The first-order valence-corrected chi connectivity index (χ1v) is 9.04. The van der Waals surface area contributed by atoms with Crippen LogP contribution in [-0.2, 0) is 6.54 Å². The van der Waals surface area contributed by atoms with E-state index in [1.54, 1.807) is 7.11 Å². The van der Waals surface area contributed by atoms with Crippen molar-refractivity contribution >= 4 is 17.5 Å². The predicted molar refractivity (Wildman–Crippen MR) is 110 cm³/mol. The van der Waals surface area contributed by atoms with Gasteiger partial charge in [0.2, 0.25) is 5.95 Å². The van der Waals surface area contributed by atoms with Gasteiger partial charge in [-0.25, -0.2) is 9.97 Å². The third-order valence-electron chi connectivity index (χ3n) is 4.44. The van der Waals surface area contributed by atoms with Crippen LogP contribution < -0.4 is 15.4 Å². The number of methoxy groups -OCH3 is 1. The third kappa shape index (κ3) is 4.65. The average molecular weight is 376 g/mol. The highest BCUT2D eigenvalue weighted by molar-refractivity contribution is 5.93. The fraction of sp³-hybridized carbons (Fsp3) is 0.227. The lowest BCUT2D eigenvalue weighted by atomic mass is 10.1. The summed E-state index contributed by atoms with van der Waals surface area (Å²) in [6.45, 7) is 6.58. The Balaban J connectivity index is 1.62. The van der Waals surface area contributed by atoms with Crippen molar-refractivity contribution in [1.82, 2.24) is 15.3 Å². The summed E-state index contributed by atoms with van der Waals surface area (Å²) in [5.41, 5.74) is 5.85. The van der Waals surface area contributed by atoms with Gasteiger partial charge in [0.05, 0.1) is 12.7 Å². The Labute approximate surface area is 165 Å². The Morgan fingerprint density at radius 3 is 2.18 bits per heavy atom. The fourth-order valence-electron chi connectivity index (χ4n) is 3.03. The number of carbonyl (C=O) groups is 1. The van der Waals surface area contributed by atoms with E-state index in [1.165, 1.54) is 18.0 Å². The minimum absolute atomic E-state index is 0.218. The molecule has 1 amide bonds. The molecule has 1 aromatic heterocycles. The first-order chi connectivity index (χ1) is 13.5. The molecule has 0 aliphatic rings. The Kier molecular flexibility index (Phi) is 5.89. The summed E-state index contributed by atoms with van der Waals surface area (Å²) in [7, 11) is 1.62. The molecule has 0 aliphatic carbocycles. The van der Waals surface area contributed by atoms with Gasteiger partial charge in [0.15, 0.2) is 0 Å². The largest absolute Gasteiger partial charge is 0.497 e. The summed E-state index contributed by atoms with van der Waals surface area (Å²) in [6.07, 6.45) is 3.05. The topological polar surface area (TPSA) is 76.1 Å². The van der Waals surface area contributed by atoms with Crippen molar-refractivity contribution in [2.75, 3.05) is 12.4 Å². The van der Waals surface area contributed by atoms with Gasteiger partial charge >= 0.3 is 0 Å². The second-order valence-electron chi connectivity index (χ2n) is 6.72. The highest BCUT2D eigenvalue weighted by Crippen LogP contribution is 2.24.